The van der Waals surface area contributed by atoms with Crippen LogP contribution in [-0.2, 0) is 19.3 Å². The SMILES string of the molecule is O=C1OC2(/C=C/c3ccc(O)c(O)c3)C=C(O)C1(O)OO2. The fourth-order valence-corrected chi connectivity index (χ4v) is 1.85. The Morgan fingerprint density at radius 1 is 1.10 bits per heavy atom. The molecule has 8 heteroatoms. The van der Waals surface area contributed by atoms with Crippen LogP contribution >= 0.6 is 0 Å². The molecule has 4 rings (SSSR count). The van der Waals surface area contributed by atoms with Gasteiger partial charge in [-0.25, -0.2) is 4.79 Å². The number of hydrogen-bond donors (Lipinski definition) is 4. The molecule has 3 aliphatic heterocycles. The van der Waals surface area contributed by atoms with E-state index in [1.165, 1.54) is 30.4 Å². The molecule has 110 valence electrons. The third-order valence-electron chi connectivity index (χ3n) is 3.01. The quantitative estimate of drug-likeness (QED) is 0.352. The molecule has 4 N–H and O–H groups in total. The number of hydrogen-bond acceptors (Lipinski definition) is 8. The van der Waals surface area contributed by atoms with Crippen LogP contribution in [0.15, 0.2) is 36.1 Å². The highest BCUT2D eigenvalue weighted by molar-refractivity contribution is 5.83. The predicted molar refractivity (Wildman–Crippen MR) is 65.5 cm³/mol. The van der Waals surface area contributed by atoms with Gasteiger partial charge < -0.3 is 25.2 Å². The summed E-state index contributed by atoms with van der Waals surface area (Å²) in [6.07, 6.45) is 3.59. The zero-order valence-electron chi connectivity index (χ0n) is 10.4. The molecule has 0 spiro atoms. The van der Waals surface area contributed by atoms with Crippen LogP contribution in [0.3, 0.4) is 0 Å². The van der Waals surface area contributed by atoms with Gasteiger partial charge in [0, 0.05) is 6.08 Å². The molecule has 3 heterocycles. The summed E-state index contributed by atoms with van der Waals surface area (Å²) in [6.45, 7) is 0. The fraction of sp³-hybridized carbons (Fsp3) is 0.154. The van der Waals surface area contributed by atoms with Crippen molar-refractivity contribution >= 4 is 12.0 Å². The molecular formula is C13H10O8. The van der Waals surface area contributed by atoms with Crippen LogP contribution in [0.2, 0.25) is 0 Å². The molecule has 2 atom stereocenters. The van der Waals surface area contributed by atoms with Crippen LogP contribution in [0.1, 0.15) is 5.56 Å². The number of ether oxygens (including phenoxy) is 1. The van der Waals surface area contributed by atoms with E-state index in [0.717, 1.165) is 6.08 Å². The van der Waals surface area contributed by atoms with Crippen molar-refractivity contribution in [2.24, 2.45) is 0 Å². The van der Waals surface area contributed by atoms with Gasteiger partial charge in [-0.15, -0.1) is 0 Å². The summed E-state index contributed by atoms with van der Waals surface area (Å²) in [5.74, 6) is -7.04. The molecule has 2 unspecified atom stereocenters. The van der Waals surface area contributed by atoms with Gasteiger partial charge in [-0.1, -0.05) is 12.1 Å². The molecule has 0 aromatic heterocycles. The first kappa shape index (κ1) is 13.4. The lowest BCUT2D eigenvalue weighted by Crippen LogP contribution is -2.60. The number of fused-ring (bicyclic) bond motifs is 2. The first-order valence-electron chi connectivity index (χ1n) is 5.81. The molecule has 2 bridgehead atoms. The Morgan fingerprint density at radius 3 is 2.48 bits per heavy atom. The van der Waals surface area contributed by atoms with E-state index >= 15 is 0 Å². The van der Waals surface area contributed by atoms with Crippen LogP contribution in [0.5, 0.6) is 11.5 Å². The van der Waals surface area contributed by atoms with E-state index in [1.54, 1.807) is 0 Å². The first-order chi connectivity index (χ1) is 9.85. The summed E-state index contributed by atoms with van der Waals surface area (Å²) < 4.78 is 4.85. The highest BCUT2D eigenvalue weighted by Crippen LogP contribution is 2.39. The highest BCUT2D eigenvalue weighted by atomic mass is 17.3. The molecule has 0 aliphatic carbocycles. The summed E-state index contributed by atoms with van der Waals surface area (Å²) in [6, 6.07) is 4.01. The van der Waals surface area contributed by atoms with Crippen molar-refractivity contribution in [3.05, 3.63) is 41.7 Å². The van der Waals surface area contributed by atoms with Crippen LogP contribution in [0, 0.1) is 0 Å². The molecule has 1 aromatic carbocycles. The zero-order valence-corrected chi connectivity index (χ0v) is 10.4. The van der Waals surface area contributed by atoms with Crippen LogP contribution < -0.4 is 0 Å². The van der Waals surface area contributed by atoms with Gasteiger partial charge in [-0.3, -0.25) is 0 Å². The van der Waals surface area contributed by atoms with Gasteiger partial charge in [-0.05, 0) is 23.8 Å². The van der Waals surface area contributed by atoms with Crippen molar-refractivity contribution in [1.82, 2.24) is 0 Å². The number of rotatable bonds is 2. The molecule has 0 saturated carbocycles. The Bertz CT molecular complexity index is 679. The molecule has 3 aliphatic rings. The molecular weight excluding hydrogens is 284 g/mol. The van der Waals surface area contributed by atoms with Crippen molar-refractivity contribution in [2.45, 2.75) is 11.6 Å². The van der Waals surface area contributed by atoms with Crippen molar-refractivity contribution in [3.63, 3.8) is 0 Å². The number of aliphatic hydroxyl groups excluding tert-OH is 1. The van der Waals surface area contributed by atoms with E-state index in [2.05, 4.69) is 4.89 Å². The average Bonchev–Trinajstić information content (AvgIpc) is 2.44. The van der Waals surface area contributed by atoms with Gasteiger partial charge in [0.2, 0.25) is 0 Å². The number of phenolic OH excluding ortho intramolecular Hbond substituents is 2. The van der Waals surface area contributed by atoms with Gasteiger partial charge in [0.05, 0.1) is 0 Å². The molecule has 8 nitrogen and oxygen atoms in total. The van der Waals surface area contributed by atoms with Crippen LogP contribution in [0.4, 0.5) is 0 Å². The smallest absolute Gasteiger partial charge is 0.381 e. The molecule has 0 amide bonds. The normalized spacial score (nSPS) is 31.3. The highest BCUT2D eigenvalue weighted by Gasteiger charge is 2.60. The second-order valence-corrected chi connectivity index (χ2v) is 4.53. The minimum atomic E-state index is -2.65. The maximum absolute atomic E-state index is 11.5. The summed E-state index contributed by atoms with van der Waals surface area (Å²) in [5.41, 5.74) is 0.457. The van der Waals surface area contributed by atoms with Gasteiger partial charge in [0.15, 0.2) is 17.3 Å². The Morgan fingerprint density at radius 2 is 1.86 bits per heavy atom. The Hall–Kier alpha value is -2.55. The lowest BCUT2D eigenvalue weighted by molar-refractivity contribution is -0.497. The van der Waals surface area contributed by atoms with Crippen molar-refractivity contribution in [1.29, 1.82) is 0 Å². The number of aliphatic hydroxyl groups is 2. The van der Waals surface area contributed by atoms with Crippen molar-refractivity contribution < 1.29 is 39.7 Å². The molecule has 1 aromatic rings. The summed E-state index contributed by atoms with van der Waals surface area (Å²) in [4.78, 5) is 20.7. The average molecular weight is 294 g/mol. The zero-order chi connectivity index (χ0) is 15.3. The number of esters is 1. The van der Waals surface area contributed by atoms with Gasteiger partial charge in [-0.2, -0.15) is 9.78 Å². The monoisotopic (exact) mass is 294 g/mol. The van der Waals surface area contributed by atoms with Gasteiger partial charge >= 0.3 is 11.8 Å². The number of carbonyl (C=O) groups excluding carboxylic acids is 1. The molecule has 0 radical (unpaired) electrons. The number of benzene rings is 1. The predicted octanol–water partition coefficient (Wildman–Crippen LogP) is 0.456. The van der Waals surface area contributed by atoms with E-state index in [0.29, 0.717) is 5.56 Å². The maximum Gasteiger partial charge on any atom is 0.381 e. The Labute approximate surface area is 117 Å². The minimum Gasteiger partial charge on any atom is -0.506 e. The third-order valence-corrected chi connectivity index (χ3v) is 3.01. The Kier molecular flexibility index (Phi) is 2.70. The van der Waals surface area contributed by atoms with E-state index in [-0.39, 0.29) is 11.5 Å². The number of phenols is 2. The van der Waals surface area contributed by atoms with Crippen LogP contribution in [-0.4, -0.2) is 38.0 Å². The number of aromatic hydroxyl groups is 2. The lowest BCUT2D eigenvalue weighted by Gasteiger charge is -2.41. The van der Waals surface area contributed by atoms with Crippen molar-refractivity contribution in [3.8, 4) is 11.5 Å². The Balaban J connectivity index is 1.92. The molecule has 21 heavy (non-hydrogen) atoms. The molecule has 1 fully saturated rings. The van der Waals surface area contributed by atoms with Gasteiger partial charge in [0.1, 0.15) is 0 Å². The maximum atomic E-state index is 11.5. The van der Waals surface area contributed by atoms with E-state index in [1.807, 2.05) is 0 Å². The molecule has 1 saturated heterocycles. The number of carbonyl (C=O) groups is 1. The van der Waals surface area contributed by atoms with E-state index < -0.39 is 23.3 Å². The first-order valence-corrected chi connectivity index (χ1v) is 5.81. The standard InChI is InChI=1S/C13H10O8/c14-8-2-1-7(5-9(8)15)3-4-12-6-10(16)13(18,21-20-12)11(17)19-12/h1-6,14-16,18H/b4-3+. The minimum absolute atomic E-state index is 0.283. The van der Waals surface area contributed by atoms with E-state index in [4.69, 9.17) is 9.62 Å². The second-order valence-electron chi connectivity index (χ2n) is 4.53. The summed E-state index contributed by atoms with van der Waals surface area (Å²) in [7, 11) is 0. The van der Waals surface area contributed by atoms with Crippen LogP contribution in [0.25, 0.3) is 6.08 Å². The lowest BCUT2D eigenvalue weighted by atomic mass is 10.0. The van der Waals surface area contributed by atoms with Gasteiger partial charge in [0.25, 0.3) is 5.79 Å². The third kappa shape index (κ3) is 2.02. The summed E-state index contributed by atoms with van der Waals surface area (Å²) in [5, 5.41) is 37.7. The second kappa shape index (κ2) is 4.22. The topological polar surface area (TPSA) is 126 Å². The van der Waals surface area contributed by atoms with Crippen molar-refractivity contribution in [2.75, 3.05) is 0 Å². The largest absolute Gasteiger partial charge is 0.506 e. The fourth-order valence-electron chi connectivity index (χ4n) is 1.85. The summed E-state index contributed by atoms with van der Waals surface area (Å²) >= 11 is 0. The van der Waals surface area contributed by atoms with E-state index in [9.17, 15) is 25.2 Å².